The topological polar surface area (TPSA) is 106 Å². The van der Waals surface area contributed by atoms with Gasteiger partial charge in [-0.1, -0.05) is 18.1 Å². The molecule has 10 heteroatoms. The summed E-state index contributed by atoms with van der Waals surface area (Å²) in [5, 5.41) is 3.84. The Balaban J connectivity index is 1.88. The number of rotatable bonds is 8. The van der Waals surface area contributed by atoms with Crippen LogP contribution >= 0.6 is 0 Å². The molecule has 3 aromatic rings. The lowest BCUT2D eigenvalue weighted by atomic mass is 10.2. The minimum absolute atomic E-state index is 0.0591. The van der Waals surface area contributed by atoms with E-state index in [1.165, 1.54) is 4.90 Å². The molecule has 0 saturated carbocycles. The zero-order valence-corrected chi connectivity index (χ0v) is 17.3. The molecule has 3 rings (SSSR count). The van der Waals surface area contributed by atoms with Crippen molar-refractivity contribution in [2.75, 3.05) is 5.75 Å². The van der Waals surface area contributed by atoms with Crippen LogP contribution in [0, 0.1) is 5.82 Å². The van der Waals surface area contributed by atoms with Gasteiger partial charge in [-0.2, -0.15) is 4.98 Å². The number of sulfone groups is 1. The normalized spacial score (nSPS) is 12.5. The number of benzene rings is 1. The second kappa shape index (κ2) is 9.12. The van der Waals surface area contributed by atoms with Gasteiger partial charge in [0.25, 0.3) is 0 Å². The standard InChI is InChI=1S/C20H21FN4O4S/c1-3-18-23-20(29-24-18)14(2)25(12-16-6-4-5-11-22-16)19(26)13-30(27,28)17-9-7-15(21)8-10-17/h4-11,14H,3,12-13H2,1-2H3. The minimum atomic E-state index is -3.97. The van der Waals surface area contributed by atoms with Crippen LogP contribution in [-0.4, -0.2) is 40.1 Å². The second-order valence-corrected chi connectivity index (χ2v) is 8.62. The number of carbonyl (C=O) groups is 1. The van der Waals surface area contributed by atoms with Gasteiger partial charge in [0.1, 0.15) is 17.6 Å². The largest absolute Gasteiger partial charge is 0.337 e. The van der Waals surface area contributed by atoms with E-state index in [4.69, 9.17) is 4.52 Å². The molecule has 0 saturated heterocycles. The van der Waals surface area contributed by atoms with Gasteiger partial charge in [-0.05, 0) is 43.3 Å². The van der Waals surface area contributed by atoms with E-state index in [1.807, 2.05) is 6.92 Å². The van der Waals surface area contributed by atoms with Crippen LogP contribution in [0.3, 0.4) is 0 Å². The van der Waals surface area contributed by atoms with Crippen molar-refractivity contribution in [3.63, 3.8) is 0 Å². The highest BCUT2D eigenvalue weighted by molar-refractivity contribution is 7.92. The highest BCUT2D eigenvalue weighted by atomic mass is 32.2. The Morgan fingerprint density at radius 2 is 1.93 bits per heavy atom. The first kappa shape index (κ1) is 21.6. The number of carbonyl (C=O) groups excluding carboxylic acids is 1. The number of aryl methyl sites for hydroxylation is 1. The van der Waals surface area contributed by atoms with Gasteiger partial charge in [-0.15, -0.1) is 0 Å². The van der Waals surface area contributed by atoms with Crippen LogP contribution < -0.4 is 0 Å². The van der Waals surface area contributed by atoms with Crippen molar-refractivity contribution in [1.82, 2.24) is 20.0 Å². The summed E-state index contributed by atoms with van der Waals surface area (Å²) in [4.78, 5) is 22.7. The van der Waals surface area contributed by atoms with E-state index in [1.54, 1.807) is 31.3 Å². The molecule has 0 aliphatic heterocycles. The Hall–Kier alpha value is -3.14. The number of halogens is 1. The monoisotopic (exact) mass is 432 g/mol. The first-order valence-corrected chi connectivity index (χ1v) is 11.0. The number of hydrogen-bond acceptors (Lipinski definition) is 7. The number of nitrogens with zero attached hydrogens (tertiary/aromatic N) is 4. The van der Waals surface area contributed by atoms with Gasteiger partial charge in [0.2, 0.25) is 11.8 Å². The number of pyridine rings is 1. The molecular weight excluding hydrogens is 411 g/mol. The van der Waals surface area contributed by atoms with Crippen molar-refractivity contribution in [3.05, 3.63) is 71.9 Å². The molecule has 1 aromatic carbocycles. The summed E-state index contributed by atoms with van der Waals surface area (Å²) in [6.45, 7) is 3.60. The minimum Gasteiger partial charge on any atom is -0.337 e. The van der Waals surface area contributed by atoms with Gasteiger partial charge < -0.3 is 9.42 Å². The molecule has 0 radical (unpaired) electrons. The Morgan fingerprint density at radius 3 is 2.53 bits per heavy atom. The summed E-state index contributed by atoms with van der Waals surface area (Å²) in [5.41, 5.74) is 0.576. The molecule has 30 heavy (non-hydrogen) atoms. The summed E-state index contributed by atoms with van der Waals surface area (Å²) >= 11 is 0. The molecule has 0 bridgehead atoms. The molecule has 2 aromatic heterocycles. The lowest BCUT2D eigenvalue weighted by molar-refractivity contribution is -0.131. The third-order valence-electron chi connectivity index (χ3n) is 4.49. The third-order valence-corrected chi connectivity index (χ3v) is 6.11. The maximum absolute atomic E-state index is 13.1. The first-order chi connectivity index (χ1) is 14.3. The van der Waals surface area contributed by atoms with Crippen LogP contribution in [0.5, 0.6) is 0 Å². The van der Waals surface area contributed by atoms with Gasteiger partial charge >= 0.3 is 0 Å². The number of hydrogen-bond donors (Lipinski definition) is 0. The zero-order valence-electron chi connectivity index (χ0n) is 16.5. The van der Waals surface area contributed by atoms with Crippen LogP contribution in [0.15, 0.2) is 58.1 Å². The van der Waals surface area contributed by atoms with Gasteiger partial charge in [-0.3, -0.25) is 9.78 Å². The van der Waals surface area contributed by atoms with Crippen molar-refractivity contribution in [2.24, 2.45) is 0 Å². The SMILES string of the molecule is CCc1noc(C(C)N(Cc2ccccn2)C(=O)CS(=O)(=O)c2ccc(F)cc2)n1. The summed E-state index contributed by atoms with van der Waals surface area (Å²) in [7, 11) is -3.97. The predicted molar refractivity (Wildman–Crippen MR) is 105 cm³/mol. The van der Waals surface area contributed by atoms with Crippen LogP contribution in [-0.2, 0) is 27.6 Å². The smallest absolute Gasteiger partial charge is 0.249 e. The van der Waals surface area contributed by atoms with Gasteiger partial charge in [0.15, 0.2) is 15.7 Å². The fourth-order valence-electron chi connectivity index (χ4n) is 2.79. The molecule has 0 aliphatic rings. The van der Waals surface area contributed by atoms with E-state index in [-0.39, 0.29) is 17.3 Å². The van der Waals surface area contributed by atoms with E-state index in [9.17, 15) is 17.6 Å². The Morgan fingerprint density at radius 1 is 1.20 bits per heavy atom. The highest BCUT2D eigenvalue weighted by Gasteiger charge is 2.30. The Labute approximate surface area is 173 Å². The fourth-order valence-corrected chi connectivity index (χ4v) is 4.00. The lowest BCUT2D eigenvalue weighted by Crippen LogP contribution is -2.37. The van der Waals surface area contributed by atoms with Crippen LogP contribution in [0.1, 0.15) is 37.3 Å². The average molecular weight is 432 g/mol. The maximum Gasteiger partial charge on any atom is 0.249 e. The molecule has 1 atom stereocenters. The lowest BCUT2D eigenvalue weighted by Gasteiger charge is -2.26. The van der Waals surface area contributed by atoms with Crippen molar-refractivity contribution in [1.29, 1.82) is 0 Å². The molecule has 158 valence electrons. The second-order valence-electron chi connectivity index (χ2n) is 6.63. The van der Waals surface area contributed by atoms with E-state index < -0.39 is 33.4 Å². The quantitative estimate of drug-likeness (QED) is 0.504. The highest BCUT2D eigenvalue weighted by Crippen LogP contribution is 2.23. The molecule has 8 nitrogen and oxygen atoms in total. The summed E-state index contributed by atoms with van der Waals surface area (Å²) < 4.78 is 43.7. The molecule has 0 fully saturated rings. The van der Waals surface area contributed by atoms with Crippen molar-refractivity contribution < 1.29 is 22.1 Å². The van der Waals surface area contributed by atoms with Gasteiger partial charge in [0, 0.05) is 12.6 Å². The van der Waals surface area contributed by atoms with Gasteiger partial charge in [0.05, 0.1) is 17.1 Å². The van der Waals surface area contributed by atoms with Crippen LogP contribution in [0.2, 0.25) is 0 Å². The number of aromatic nitrogens is 3. The van der Waals surface area contributed by atoms with Crippen LogP contribution in [0.4, 0.5) is 4.39 Å². The summed E-state index contributed by atoms with van der Waals surface area (Å²) in [5.74, 6) is -1.32. The van der Waals surface area contributed by atoms with E-state index in [0.717, 1.165) is 24.3 Å². The van der Waals surface area contributed by atoms with Crippen molar-refractivity contribution in [2.45, 2.75) is 37.8 Å². The molecule has 2 heterocycles. The third kappa shape index (κ3) is 5.07. The van der Waals surface area contributed by atoms with Crippen LogP contribution in [0.25, 0.3) is 0 Å². The predicted octanol–water partition coefficient (Wildman–Crippen LogP) is 2.73. The zero-order chi connectivity index (χ0) is 21.7. The van der Waals surface area contributed by atoms with Crippen molar-refractivity contribution >= 4 is 15.7 Å². The number of amides is 1. The fraction of sp³-hybridized carbons (Fsp3) is 0.300. The van der Waals surface area contributed by atoms with Crippen molar-refractivity contribution in [3.8, 4) is 0 Å². The molecule has 0 N–H and O–H groups in total. The maximum atomic E-state index is 13.1. The van der Waals surface area contributed by atoms with Gasteiger partial charge in [-0.25, -0.2) is 12.8 Å². The Kier molecular flexibility index (Phi) is 6.56. The molecular formula is C20H21FN4O4S. The first-order valence-electron chi connectivity index (χ1n) is 9.30. The molecule has 0 aliphatic carbocycles. The van der Waals surface area contributed by atoms with E-state index >= 15 is 0 Å². The molecule has 1 amide bonds. The van der Waals surface area contributed by atoms with E-state index in [2.05, 4.69) is 15.1 Å². The summed E-state index contributed by atoms with van der Waals surface area (Å²) in [6, 6.07) is 8.91. The summed E-state index contributed by atoms with van der Waals surface area (Å²) in [6.07, 6.45) is 2.14. The van der Waals surface area contributed by atoms with E-state index in [0.29, 0.717) is 17.9 Å². The molecule has 1 unspecified atom stereocenters. The average Bonchev–Trinajstić information content (AvgIpc) is 3.21. The molecule has 0 spiro atoms. The Bertz CT molecular complexity index is 1100.